The van der Waals surface area contributed by atoms with Gasteiger partial charge in [-0.2, -0.15) is 0 Å². The summed E-state index contributed by atoms with van der Waals surface area (Å²) in [7, 11) is -3.55. The van der Waals surface area contributed by atoms with E-state index in [1.54, 1.807) is 13.8 Å². The van der Waals surface area contributed by atoms with Gasteiger partial charge in [0.05, 0.1) is 13.2 Å². The van der Waals surface area contributed by atoms with Crippen LogP contribution in [0.25, 0.3) is 0 Å². The first-order valence-corrected chi connectivity index (χ1v) is 15.1. The van der Waals surface area contributed by atoms with Gasteiger partial charge in [-0.1, -0.05) is 66.2 Å². The molecule has 2 aromatic rings. The van der Waals surface area contributed by atoms with Gasteiger partial charge in [0.15, 0.2) is 0 Å². The van der Waals surface area contributed by atoms with E-state index >= 15 is 0 Å². The van der Waals surface area contributed by atoms with Crippen LogP contribution in [0.15, 0.2) is 53.0 Å². The van der Waals surface area contributed by atoms with Crippen LogP contribution in [-0.2, 0) is 42.7 Å². The normalized spacial score (nSPS) is 15.4. The molecule has 0 aliphatic carbocycles. The second-order valence-electron chi connectivity index (χ2n) is 9.34. The van der Waals surface area contributed by atoms with Crippen LogP contribution in [0.4, 0.5) is 4.79 Å². The Bertz CT molecular complexity index is 1100. The van der Waals surface area contributed by atoms with Crippen molar-refractivity contribution >= 4 is 35.5 Å². The van der Waals surface area contributed by atoms with Gasteiger partial charge < -0.3 is 23.6 Å². The lowest BCUT2D eigenvalue weighted by molar-refractivity contribution is -0.151. The molecule has 8 nitrogen and oxygen atoms in total. The molecular formula is C27H36BrN2O6P. The first-order valence-electron chi connectivity index (χ1n) is 12.6. The number of benzene rings is 2. The summed E-state index contributed by atoms with van der Waals surface area (Å²) in [6.07, 6.45) is 0.124. The maximum Gasteiger partial charge on any atom is 0.349 e. The average molecular weight is 595 g/mol. The third-order valence-corrected chi connectivity index (χ3v) is 8.38. The standard InChI is InChI=1S/C27H36BrN2O6P/c1-5-35-37(33,36-6-2)19-29(16-20(3)4)27(32)30-17-22-12-13-24(28)14-23(22)15-25(30)26(31)34-18-21-10-8-7-9-11-21/h7-14,20,25H,5-6,15-19H2,1-4H3. The number of ether oxygens (including phenoxy) is 1. The van der Waals surface area contributed by atoms with E-state index in [-0.39, 0.29) is 38.6 Å². The topological polar surface area (TPSA) is 85.4 Å². The molecule has 2 aromatic carbocycles. The zero-order chi connectivity index (χ0) is 27.0. The van der Waals surface area contributed by atoms with E-state index < -0.39 is 25.6 Å². The smallest absolute Gasteiger partial charge is 0.349 e. The second-order valence-corrected chi connectivity index (χ2v) is 12.3. The lowest BCUT2D eigenvalue weighted by atomic mass is 9.94. The molecule has 202 valence electrons. The Kier molecular flexibility index (Phi) is 10.8. The van der Waals surface area contributed by atoms with Crippen LogP contribution in [-0.4, -0.2) is 53.9 Å². The summed E-state index contributed by atoms with van der Waals surface area (Å²) >= 11 is 3.50. The summed E-state index contributed by atoms with van der Waals surface area (Å²) in [5.41, 5.74) is 2.79. The number of nitrogens with zero attached hydrogens (tertiary/aromatic N) is 2. The number of fused-ring (bicyclic) bond motifs is 1. The van der Waals surface area contributed by atoms with Crippen molar-refractivity contribution in [1.29, 1.82) is 0 Å². The summed E-state index contributed by atoms with van der Waals surface area (Å²) in [6.45, 7) is 8.49. The number of halogens is 1. The molecular weight excluding hydrogens is 559 g/mol. The lowest BCUT2D eigenvalue weighted by Gasteiger charge is -2.39. The quantitative estimate of drug-likeness (QED) is 0.227. The Morgan fingerprint density at radius 3 is 2.38 bits per heavy atom. The Balaban J connectivity index is 1.90. The number of amides is 2. The average Bonchev–Trinajstić information content (AvgIpc) is 2.86. The molecule has 0 fully saturated rings. The molecule has 1 aliphatic heterocycles. The molecule has 0 bridgehead atoms. The monoisotopic (exact) mass is 594 g/mol. The lowest BCUT2D eigenvalue weighted by Crippen LogP contribution is -2.54. The molecule has 0 saturated carbocycles. The molecule has 0 spiro atoms. The molecule has 0 N–H and O–H groups in total. The Morgan fingerprint density at radius 1 is 1.08 bits per heavy atom. The molecule has 37 heavy (non-hydrogen) atoms. The van der Waals surface area contributed by atoms with Gasteiger partial charge in [0, 0.05) is 24.0 Å². The van der Waals surface area contributed by atoms with Crippen molar-refractivity contribution in [1.82, 2.24) is 9.80 Å². The molecule has 2 amide bonds. The minimum absolute atomic E-state index is 0.0946. The van der Waals surface area contributed by atoms with E-state index in [2.05, 4.69) is 15.9 Å². The highest BCUT2D eigenvalue weighted by atomic mass is 79.9. The number of rotatable bonds is 11. The third kappa shape index (κ3) is 8.14. The van der Waals surface area contributed by atoms with E-state index in [0.717, 1.165) is 21.2 Å². The first kappa shape index (κ1) is 29.4. The molecule has 1 heterocycles. The first-order chi connectivity index (χ1) is 17.7. The van der Waals surface area contributed by atoms with Crippen LogP contribution in [0.1, 0.15) is 44.4 Å². The van der Waals surface area contributed by atoms with Crippen LogP contribution in [0.5, 0.6) is 0 Å². The third-order valence-electron chi connectivity index (χ3n) is 5.89. The highest BCUT2D eigenvalue weighted by Gasteiger charge is 2.40. The van der Waals surface area contributed by atoms with Crippen LogP contribution in [0.3, 0.4) is 0 Å². The van der Waals surface area contributed by atoms with Crippen molar-refractivity contribution in [3.05, 3.63) is 69.7 Å². The minimum atomic E-state index is -3.55. The van der Waals surface area contributed by atoms with Crippen molar-refractivity contribution in [2.24, 2.45) is 5.92 Å². The summed E-state index contributed by atoms with van der Waals surface area (Å²) in [5, 5.41) is 0. The molecule has 0 aromatic heterocycles. The van der Waals surface area contributed by atoms with E-state index in [1.807, 2.05) is 62.4 Å². The maximum absolute atomic E-state index is 14.0. The van der Waals surface area contributed by atoms with Crippen LogP contribution in [0.2, 0.25) is 0 Å². The highest BCUT2D eigenvalue weighted by molar-refractivity contribution is 9.10. The molecule has 1 aliphatic rings. The highest BCUT2D eigenvalue weighted by Crippen LogP contribution is 2.49. The number of urea groups is 1. The molecule has 0 radical (unpaired) electrons. The Hall–Kier alpha value is -2.19. The largest absolute Gasteiger partial charge is 0.459 e. The molecule has 1 atom stereocenters. The van der Waals surface area contributed by atoms with Gasteiger partial charge in [-0.15, -0.1) is 0 Å². The fraction of sp³-hybridized carbons (Fsp3) is 0.481. The Morgan fingerprint density at radius 2 is 1.76 bits per heavy atom. The number of carbonyl (C=O) groups excluding carboxylic acids is 2. The van der Waals surface area contributed by atoms with Gasteiger partial charge in [0.25, 0.3) is 0 Å². The van der Waals surface area contributed by atoms with Crippen molar-refractivity contribution in [3.63, 3.8) is 0 Å². The fourth-order valence-electron chi connectivity index (χ4n) is 4.33. The van der Waals surface area contributed by atoms with E-state index in [4.69, 9.17) is 13.8 Å². The van der Waals surface area contributed by atoms with Crippen LogP contribution in [0, 0.1) is 5.92 Å². The van der Waals surface area contributed by atoms with Crippen molar-refractivity contribution in [2.75, 3.05) is 26.0 Å². The van der Waals surface area contributed by atoms with Gasteiger partial charge >= 0.3 is 19.6 Å². The van der Waals surface area contributed by atoms with Crippen molar-refractivity contribution < 1.29 is 27.9 Å². The van der Waals surface area contributed by atoms with Crippen molar-refractivity contribution in [3.8, 4) is 0 Å². The zero-order valence-corrected chi connectivity index (χ0v) is 24.4. The molecule has 3 rings (SSSR count). The summed E-state index contributed by atoms with van der Waals surface area (Å²) in [6, 6.07) is 14.0. The van der Waals surface area contributed by atoms with Gasteiger partial charge in [-0.25, -0.2) is 9.59 Å². The van der Waals surface area contributed by atoms with Crippen LogP contribution < -0.4 is 0 Å². The van der Waals surface area contributed by atoms with E-state index in [9.17, 15) is 14.2 Å². The zero-order valence-electron chi connectivity index (χ0n) is 21.9. The molecule has 1 unspecified atom stereocenters. The van der Waals surface area contributed by atoms with Gasteiger partial charge in [0.1, 0.15) is 18.9 Å². The van der Waals surface area contributed by atoms with E-state index in [1.165, 1.54) is 9.80 Å². The predicted octanol–water partition coefficient (Wildman–Crippen LogP) is 6.22. The van der Waals surface area contributed by atoms with Crippen molar-refractivity contribution in [2.45, 2.75) is 53.3 Å². The summed E-state index contributed by atoms with van der Waals surface area (Å²) in [4.78, 5) is 30.4. The summed E-state index contributed by atoms with van der Waals surface area (Å²) in [5.74, 6) is -0.387. The number of esters is 1. The van der Waals surface area contributed by atoms with E-state index in [0.29, 0.717) is 13.0 Å². The number of carbonyl (C=O) groups is 2. The van der Waals surface area contributed by atoms with Gasteiger partial charge in [-0.3, -0.25) is 4.57 Å². The Labute approximate surface area is 227 Å². The number of hydrogen-bond acceptors (Lipinski definition) is 6. The van der Waals surface area contributed by atoms with Gasteiger partial charge in [0.2, 0.25) is 0 Å². The second kappa shape index (κ2) is 13.6. The summed E-state index contributed by atoms with van der Waals surface area (Å²) < 4.78 is 30.9. The van der Waals surface area contributed by atoms with Gasteiger partial charge in [-0.05, 0) is 48.6 Å². The van der Waals surface area contributed by atoms with Crippen LogP contribution >= 0.6 is 23.5 Å². The predicted molar refractivity (Wildman–Crippen MR) is 146 cm³/mol. The molecule has 0 saturated heterocycles. The minimum Gasteiger partial charge on any atom is -0.459 e. The molecule has 10 heteroatoms. The maximum atomic E-state index is 14.0. The number of hydrogen-bond donors (Lipinski definition) is 0. The fourth-order valence-corrected chi connectivity index (χ4v) is 6.42. The SMILES string of the molecule is CCOP(=O)(CN(CC(C)C)C(=O)N1Cc2ccc(Br)cc2CC1C(=O)OCc1ccccc1)OCC.